The zero-order valence-electron chi connectivity index (χ0n) is 13.1. The van der Waals surface area contributed by atoms with Crippen molar-refractivity contribution in [2.24, 2.45) is 0 Å². The van der Waals surface area contributed by atoms with Crippen LogP contribution in [0.3, 0.4) is 0 Å². The summed E-state index contributed by atoms with van der Waals surface area (Å²) in [5.41, 5.74) is 8.10. The minimum atomic E-state index is -1.36. The zero-order chi connectivity index (χ0) is 14.9. The molecule has 20 heavy (non-hydrogen) atoms. The van der Waals surface area contributed by atoms with Gasteiger partial charge < -0.3 is 0 Å². The molecule has 0 aliphatic heterocycles. The van der Waals surface area contributed by atoms with Crippen molar-refractivity contribution in [2.75, 3.05) is 0 Å². The molecule has 0 aliphatic carbocycles. The van der Waals surface area contributed by atoms with Gasteiger partial charge in [-0.15, -0.1) is 5.54 Å². The van der Waals surface area contributed by atoms with Gasteiger partial charge in [0.2, 0.25) is 0 Å². The molecule has 0 radical (unpaired) electrons. The Morgan fingerprint density at radius 2 is 1.65 bits per heavy atom. The molecule has 2 aromatic carbocycles. The van der Waals surface area contributed by atoms with Crippen molar-refractivity contribution < 1.29 is 0 Å². The number of fused-ring (bicyclic) bond motifs is 1. The molecule has 1 heteroatoms. The van der Waals surface area contributed by atoms with Gasteiger partial charge in [0.1, 0.15) is 8.07 Å². The average Bonchev–Trinajstić information content (AvgIpc) is 2.39. The smallest absolute Gasteiger partial charge is 0.127 e. The number of benzene rings is 2. The lowest BCUT2D eigenvalue weighted by Crippen LogP contribution is -2.16. The summed E-state index contributed by atoms with van der Waals surface area (Å²) in [7, 11) is -1.36. The highest BCUT2D eigenvalue weighted by atomic mass is 28.3. The van der Waals surface area contributed by atoms with Crippen LogP contribution < -0.4 is 0 Å². The Morgan fingerprint density at radius 1 is 1.05 bits per heavy atom. The molecule has 0 aliphatic rings. The van der Waals surface area contributed by atoms with Gasteiger partial charge in [-0.25, -0.2) is 0 Å². The van der Waals surface area contributed by atoms with Crippen molar-refractivity contribution in [3.05, 3.63) is 53.6 Å². The molecule has 0 saturated carbocycles. The summed E-state index contributed by atoms with van der Waals surface area (Å²) < 4.78 is 0. The molecule has 0 bridgehead atoms. The maximum absolute atomic E-state index is 4.19. The Labute approximate surface area is 123 Å². The summed E-state index contributed by atoms with van der Waals surface area (Å²) in [6, 6.07) is 10.8. The molecule has 0 aromatic heterocycles. The highest BCUT2D eigenvalue weighted by Gasteiger charge is 2.10. The van der Waals surface area contributed by atoms with Gasteiger partial charge in [-0.05, 0) is 47.4 Å². The lowest BCUT2D eigenvalue weighted by molar-refractivity contribution is 1.43. The Bertz CT molecular complexity index is 734. The van der Waals surface area contributed by atoms with Crippen LogP contribution in [0, 0.1) is 25.3 Å². The lowest BCUT2D eigenvalue weighted by atomic mass is 9.93. The summed E-state index contributed by atoms with van der Waals surface area (Å²) >= 11 is 0. The number of hydrogen-bond donors (Lipinski definition) is 0. The van der Waals surface area contributed by atoms with E-state index in [2.05, 4.69) is 81.9 Å². The molecule has 0 unspecified atom stereocenters. The molecule has 0 saturated heterocycles. The second-order valence-corrected chi connectivity index (χ2v) is 11.1. The van der Waals surface area contributed by atoms with Crippen LogP contribution in [0.4, 0.5) is 0 Å². The van der Waals surface area contributed by atoms with Crippen molar-refractivity contribution in [3.8, 4) is 11.5 Å². The van der Waals surface area contributed by atoms with Crippen LogP contribution in [-0.2, 0) is 0 Å². The number of rotatable bonds is 1. The van der Waals surface area contributed by atoms with E-state index in [-0.39, 0.29) is 0 Å². The molecule has 0 heterocycles. The average molecular weight is 278 g/mol. The first-order valence-corrected chi connectivity index (χ1v) is 10.5. The molecule has 0 amide bonds. The third-order valence-electron chi connectivity index (χ3n) is 3.43. The molecule has 0 nitrogen and oxygen atoms in total. The van der Waals surface area contributed by atoms with E-state index in [1.165, 1.54) is 27.5 Å². The van der Waals surface area contributed by atoms with Crippen LogP contribution in [0.1, 0.15) is 16.7 Å². The number of aryl methyl sites for hydroxylation is 2. The fraction of sp³-hybridized carbons (Fsp3) is 0.263. The van der Waals surface area contributed by atoms with Crippen molar-refractivity contribution in [3.63, 3.8) is 0 Å². The second-order valence-electron chi connectivity index (χ2n) is 6.39. The Morgan fingerprint density at radius 3 is 2.25 bits per heavy atom. The Balaban J connectivity index is 2.58. The van der Waals surface area contributed by atoms with Crippen LogP contribution in [0.25, 0.3) is 16.3 Å². The Hall–Kier alpha value is -1.78. The summed E-state index contributed by atoms with van der Waals surface area (Å²) in [6.07, 6.45) is 0. The topological polar surface area (TPSA) is 0 Å². The minimum absolute atomic E-state index is 0.943. The Kier molecular flexibility index (Phi) is 3.88. The van der Waals surface area contributed by atoms with E-state index in [9.17, 15) is 0 Å². The number of allylic oxidation sites excluding steroid dienone is 1. The first-order chi connectivity index (χ1) is 9.29. The fourth-order valence-electron chi connectivity index (χ4n) is 2.35. The quantitative estimate of drug-likeness (QED) is 0.487. The molecule has 0 atom stereocenters. The molecule has 0 fully saturated rings. The van der Waals surface area contributed by atoms with Gasteiger partial charge in [-0.2, -0.15) is 0 Å². The van der Waals surface area contributed by atoms with Crippen molar-refractivity contribution in [1.29, 1.82) is 0 Å². The predicted molar refractivity (Wildman–Crippen MR) is 93.6 cm³/mol. The van der Waals surface area contributed by atoms with Crippen LogP contribution in [0.15, 0.2) is 36.9 Å². The van der Waals surface area contributed by atoms with Crippen LogP contribution in [0.2, 0.25) is 19.6 Å². The molecule has 0 spiro atoms. The van der Waals surface area contributed by atoms with Gasteiger partial charge in [0.15, 0.2) is 0 Å². The molecule has 102 valence electrons. The molecular formula is C19H22Si. The van der Waals surface area contributed by atoms with E-state index in [0.29, 0.717) is 0 Å². The third kappa shape index (κ3) is 3.03. The van der Waals surface area contributed by atoms with E-state index in [4.69, 9.17) is 0 Å². The zero-order valence-corrected chi connectivity index (χ0v) is 14.1. The standard InChI is InChI=1S/C19H22Si/c1-14(11-12-20(4,5)6)19-13-15(2)17-9-7-8-10-18(17)16(19)3/h7-10,13H,1H2,2-6H3. The summed E-state index contributed by atoms with van der Waals surface area (Å²) in [6.45, 7) is 15.3. The number of hydrogen-bond acceptors (Lipinski definition) is 0. The van der Waals surface area contributed by atoms with E-state index < -0.39 is 8.07 Å². The van der Waals surface area contributed by atoms with E-state index in [0.717, 1.165) is 5.57 Å². The fourth-order valence-corrected chi connectivity index (χ4v) is 2.87. The largest absolute Gasteiger partial charge is 0.129 e. The van der Waals surface area contributed by atoms with Gasteiger partial charge >= 0.3 is 0 Å². The molecule has 2 aromatic rings. The summed E-state index contributed by atoms with van der Waals surface area (Å²) in [5, 5.41) is 2.62. The normalized spacial score (nSPS) is 11.1. The minimum Gasteiger partial charge on any atom is -0.127 e. The molecule has 0 N–H and O–H groups in total. The third-order valence-corrected chi connectivity index (χ3v) is 4.31. The maximum Gasteiger partial charge on any atom is 0.129 e. The van der Waals surface area contributed by atoms with Gasteiger partial charge in [0, 0.05) is 5.57 Å². The lowest BCUT2D eigenvalue weighted by Gasteiger charge is -2.12. The van der Waals surface area contributed by atoms with E-state index in [1.54, 1.807) is 0 Å². The predicted octanol–water partition coefficient (Wildman–Crippen LogP) is 5.35. The first kappa shape index (κ1) is 14.6. The van der Waals surface area contributed by atoms with Crippen LogP contribution >= 0.6 is 0 Å². The maximum atomic E-state index is 4.19. The van der Waals surface area contributed by atoms with Crippen LogP contribution in [-0.4, -0.2) is 8.07 Å². The van der Waals surface area contributed by atoms with Gasteiger partial charge in [0.25, 0.3) is 0 Å². The highest BCUT2D eigenvalue weighted by molar-refractivity contribution is 6.84. The van der Waals surface area contributed by atoms with Crippen LogP contribution in [0.5, 0.6) is 0 Å². The van der Waals surface area contributed by atoms with E-state index in [1.807, 2.05) is 0 Å². The van der Waals surface area contributed by atoms with Gasteiger partial charge in [0.05, 0.1) is 0 Å². The van der Waals surface area contributed by atoms with Gasteiger partial charge in [-0.3, -0.25) is 0 Å². The highest BCUT2D eigenvalue weighted by Crippen LogP contribution is 2.28. The summed E-state index contributed by atoms with van der Waals surface area (Å²) in [4.78, 5) is 0. The van der Waals surface area contributed by atoms with E-state index >= 15 is 0 Å². The SMILES string of the molecule is C=C(C#C[Si](C)(C)C)c1cc(C)c2ccccc2c1C. The molecule has 2 rings (SSSR count). The summed E-state index contributed by atoms with van der Waals surface area (Å²) in [5.74, 6) is 3.29. The van der Waals surface area contributed by atoms with Crippen molar-refractivity contribution in [2.45, 2.75) is 33.5 Å². The monoisotopic (exact) mass is 278 g/mol. The van der Waals surface area contributed by atoms with Gasteiger partial charge in [-0.1, -0.05) is 56.4 Å². The second kappa shape index (κ2) is 5.30. The van der Waals surface area contributed by atoms with Crippen molar-refractivity contribution >= 4 is 24.4 Å². The first-order valence-electron chi connectivity index (χ1n) is 7.01. The van der Waals surface area contributed by atoms with Crippen molar-refractivity contribution in [1.82, 2.24) is 0 Å². The molecular weight excluding hydrogens is 256 g/mol.